The highest BCUT2D eigenvalue weighted by molar-refractivity contribution is 5.28. The molecule has 80 valence electrons. The smallest absolute Gasteiger partial charge is 0.0314 e. The van der Waals surface area contributed by atoms with Crippen LogP contribution in [0.5, 0.6) is 0 Å². The Labute approximate surface area is 88.0 Å². The first-order chi connectivity index (χ1) is 6.40. The predicted octanol–water partition coefficient (Wildman–Crippen LogP) is 2.72. The van der Waals surface area contributed by atoms with Crippen LogP contribution >= 0.6 is 0 Å². The summed E-state index contributed by atoms with van der Waals surface area (Å²) in [5.41, 5.74) is 3.19. The Morgan fingerprint density at radius 3 is 2.14 bits per heavy atom. The molecule has 0 aliphatic rings. The lowest BCUT2D eigenvalue weighted by molar-refractivity contribution is 0.556. The summed E-state index contributed by atoms with van der Waals surface area (Å²) < 4.78 is 0. The van der Waals surface area contributed by atoms with Crippen molar-refractivity contribution in [1.82, 2.24) is 10.2 Å². The molecule has 0 unspecified atom stereocenters. The van der Waals surface area contributed by atoms with E-state index in [2.05, 4.69) is 38.5 Å². The average molecular weight is 194 g/mol. The highest BCUT2D eigenvalue weighted by Gasteiger charge is 2.07. The second-order valence-corrected chi connectivity index (χ2v) is 3.81. The van der Waals surface area contributed by atoms with Crippen molar-refractivity contribution in [3.8, 4) is 0 Å². The fourth-order valence-electron chi connectivity index (χ4n) is 1.04. The van der Waals surface area contributed by atoms with E-state index in [1.807, 2.05) is 25.9 Å². The Balaban J connectivity index is 4.82. The summed E-state index contributed by atoms with van der Waals surface area (Å²) in [6, 6.07) is 0. The van der Waals surface area contributed by atoms with Crippen LogP contribution in [0.1, 0.15) is 20.8 Å². The summed E-state index contributed by atoms with van der Waals surface area (Å²) in [6.45, 7) is 14.1. The van der Waals surface area contributed by atoms with Gasteiger partial charge in [0.2, 0.25) is 0 Å². The summed E-state index contributed by atoms with van der Waals surface area (Å²) in [6.07, 6.45) is 2.08. The molecule has 0 rings (SSSR count). The molecule has 14 heavy (non-hydrogen) atoms. The number of nitrogens with one attached hydrogen (secondary N) is 1. The van der Waals surface area contributed by atoms with E-state index in [1.165, 1.54) is 5.57 Å². The largest absolute Gasteiger partial charge is 0.388 e. The SMILES string of the molecule is C=C(NC)/C(=C\N(C)C(=C)C)C(C)C. The Kier molecular flexibility index (Phi) is 5.06. The van der Waals surface area contributed by atoms with Crippen molar-refractivity contribution in [2.24, 2.45) is 5.92 Å². The third kappa shape index (κ3) is 3.69. The Bertz CT molecular complexity index is 249. The molecule has 0 aromatic carbocycles. The van der Waals surface area contributed by atoms with Crippen molar-refractivity contribution in [3.63, 3.8) is 0 Å². The van der Waals surface area contributed by atoms with E-state index < -0.39 is 0 Å². The highest BCUT2D eigenvalue weighted by atomic mass is 15.1. The van der Waals surface area contributed by atoms with E-state index in [4.69, 9.17) is 0 Å². The van der Waals surface area contributed by atoms with Crippen molar-refractivity contribution in [1.29, 1.82) is 0 Å². The van der Waals surface area contributed by atoms with Gasteiger partial charge in [-0.25, -0.2) is 0 Å². The molecule has 0 saturated carbocycles. The van der Waals surface area contributed by atoms with Crippen LogP contribution in [0.25, 0.3) is 0 Å². The van der Waals surface area contributed by atoms with Gasteiger partial charge in [0, 0.05) is 31.7 Å². The molecule has 0 heterocycles. The number of likely N-dealkylation sites (N-methyl/N-ethyl adjacent to an activating group) is 1. The Morgan fingerprint density at radius 2 is 1.86 bits per heavy atom. The number of rotatable bonds is 5. The number of hydrogen-bond acceptors (Lipinski definition) is 2. The van der Waals surface area contributed by atoms with E-state index in [0.29, 0.717) is 5.92 Å². The molecule has 0 aliphatic carbocycles. The molecule has 2 nitrogen and oxygen atoms in total. The average Bonchev–Trinajstić information content (AvgIpc) is 2.11. The van der Waals surface area contributed by atoms with E-state index in [1.54, 1.807) is 0 Å². The molecule has 0 aromatic heterocycles. The summed E-state index contributed by atoms with van der Waals surface area (Å²) >= 11 is 0. The standard InChI is InChI=1S/C12H22N2/c1-9(2)12(11(5)13-6)8-14(7)10(3)4/h8-9,13H,3,5H2,1-2,4,6-7H3/b12-8-. The normalized spacial score (nSPS) is 11.4. The molecular weight excluding hydrogens is 172 g/mol. The summed E-state index contributed by atoms with van der Waals surface area (Å²) in [4.78, 5) is 2.01. The number of hydrogen-bond donors (Lipinski definition) is 1. The fraction of sp³-hybridized carbons (Fsp3) is 0.500. The van der Waals surface area contributed by atoms with Gasteiger partial charge in [0.25, 0.3) is 0 Å². The zero-order valence-electron chi connectivity index (χ0n) is 10.0. The van der Waals surface area contributed by atoms with Crippen LogP contribution in [0.3, 0.4) is 0 Å². The van der Waals surface area contributed by atoms with Gasteiger partial charge in [-0.2, -0.15) is 0 Å². The fourth-order valence-corrected chi connectivity index (χ4v) is 1.04. The number of nitrogens with zero attached hydrogens (tertiary/aromatic N) is 1. The molecule has 0 aromatic rings. The minimum Gasteiger partial charge on any atom is -0.388 e. The predicted molar refractivity (Wildman–Crippen MR) is 63.7 cm³/mol. The highest BCUT2D eigenvalue weighted by Crippen LogP contribution is 2.17. The molecule has 0 atom stereocenters. The molecule has 0 radical (unpaired) electrons. The maximum atomic E-state index is 3.97. The minimum atomic E-state index is 0.455. The lowest BCUT2D eigenvalue weighted by atomic mass is 10.0. The monoisotopic (exact) mass is 194 g/mol. The molecule has 0 amide bonds. The van der Waals surface area contributed by atoms with Gasteiger partial charge >= 0.3 is 0 Å². The van der Waals surface area contributed by atoms with Crippen LogP contribution in [0, 0.1) is 5.92 Å². The second kappa shape index (κ2) is 5.53. The van der Waals surface area contributed by atoms with Gasteiger partial charge in [0.15, 0.2) is 0 Å². The number of allylic oxidation sites excluding steroid dienone is 2. The Morgan fingerprint density at radius 1 is 1.36 bits per heavy atom. The molecule has 0 saturated heterocycles. The van der Waals surface area contributed by atoms with Crippen molar-refractivity contribution in [2.75, 3.05) is 14.1 Å². The molecular formula is C12H22N2. The van der Waals surface area contributed by atoms with E-state index >= 15 is 0 Å². The van der Waals surface area contributed by atoms with Crippen molar-refractivity contribution < 1.29 is 0 Å². The van der Waals surface area contributed by atoms with Gasteiger partial charge < -0.3 is 10.2 Å². The lowest BCUT2D eigenvalue weighted by Crippen LogP contribution is -2.15. The summed E-state index contributed by atoms with van der Waals surface area (Å²) in [5, 5.41) is 3.07. The third-order valence-electron chi connectivity index (χ3n) is 2.21. The van der Waals surface area contributed by atoms with E-state index in [0.717, 1.165) is 11.4 Å². The van der Waals surface area contributed by atoms with Gasteiger partial charge in [-0.3, -0.25) is 0 Å². The molecule has 0 aliphatic heterocycles. The van der Waals surface area contributed by atoms with Crippen LogP contribution in [-0.2, 0) is 0 Å². The zero-order valence-corrected chi connectivity index (χ0v) is 10.0. The van der Waals surface area contributed by atoms with Crippen molar-refractivity contribution >= 4 is 0 Å². The molecule has 0 bridgehead atoms. The van der Waals surface area contributed by atoms with Crippen molar-refractivity contribution in [3.05, 3.63) is 36.3 Å². The van der Waals surface area contributed by atoms with Crippen LogP contribution < -0.4 is 5.32 Å². The van der Waals surface area contributed by atoms with Gasteiger partial charge in [0.1, 0.15) is 0 Å². The topological polar surface area (TPSA) is 15.3 Å². The lowest BCUT2D eigenvalue weighted by Gasteiger charge is -2.20. The zero-order chi connectivity index (χ0) is 11.3. The van der Waals surface area contributed by atoms with E-state index in [-0.39, 0.29) is 0 Å². The molecule has 0 spiro atoms. The second-order valence-electron chi connectivity index (χ2n) is 3.81. The molecule has 2 heteroatoms. The van der Waals surface area contributed by atoms with Gasteiger partial charge in [-0.05, 0) is 18.4 Å². The van der Waals surface area contributed by atoms with Gasteiger partial charge in [-0.1, -0.05) is 27.0 Å². The third-order valence-corrected chi connectivity index (χ3v) is 2.21. The van der Waals surface area contributed by atoms with Crippen LogP contribution in [0.4, 0.5) is 0 Å². The Hall–Kier alpha value is -1.18. The quantitative estimate of drug-likeness (QED) is 0.677. The van der Waals surface area contributed by atoms with Crippen LogP contribution in [0.15, 0.2) is 36.3 Å². The van der Waals surface area contributed by atoms with E-state index in [9.17, 15) is 0 Å². The van der Waals surface area contributed by atoms with Crippen LogP contribution in [-0.4, -0.2) is 19.0 Å². The van der Waals surface area contributed by atoms with Crippen LogP contribution in [0.2, 0.25) is 0 Å². The summed E-state index contributed by atoms with van der Waals surface area (Å²) in [5.74, 6) is 0.455. The molecule has 1 N–H and O–H groups in total. The minimum absolute atomic E-state index is 0.455. The maximum absolute atomic E-state index is 3.97. The first kappa shape index (κ1) is 12.8. The first-order valence-corrected chi connectivity index (χ1v) is 4.87. The summed E-state index contributed by atoms with van der Waals surface area (Å²) in [7, 11) is 3.88. The van der Waals surface area contributed by atoms with Gasteiger partial charge in [-0.15, -0.1) is 0 Å². The first-order valence-electron chi connectivity index (χ1n) is 4.87. The maximum Gasteiger partial charge on any atom is 0.0314 e. The van der Waals surface area contributed by atoms with Crippen molar-refractivity contribution in [2.45, 2.75) is 20.8 Å². The molecule has 0 fully saturated rings. The van der Waals surface area contributed by atoms with Gasteiger partial charge in [0.05, 0.1) is 0 Å².